The first-order chi connectivity index (χ1) is 11.0. The lowest BCUT2D eigenvalue weighted by Crippen LogP contribution is -2.47. The number of hydrogen-bond acceptors (Lipinski definition) is 7. The van der Waals surface area contributed by atoms with Gasteiger partial charge in [-0.3, -0.25) is 4.79 Å². The maximum absolute atomic E-state index is 13.0. The molecule has 9 heteroatoms. The number of β-amino-alcohol motifs (C(OH)–C–C–N with tert-alkyl or cyclic N) is 1. The van der Waals surface area contributed by atoms with E-state index in [4.69, 9.17) is 0 Å². The molecule has 0 spiro atoms. The molecule has 1 aliphatic rings. The van der Waals surface area contributed by atoms with E-state index in [1.54, 1.807) is 4.90 Å². The fraction of sp³-hybridized carbons (Fsp3) is 0.571. The van der Waals surface area contributed by atoms with Crippen LogP contribution in [0.3, 0.4) is 0 Å². The number of tetrazole rings is 1. The number of thiophene rings is 1. The highest BCUT2D eigenvalue weighted by atomic mass is 32.1. The van der Waals surface area contributed by atoms with Crippen molar-refractivity contribution in [2.24, 2.45) is 5.92 Å². The predicted octanol–water partition coefficient (Wildman–Crippen LogP) is 0.156. The van der Waals surface area contributed by atoms with Crippen molar-refractivity contribution in [2.45, 2.75) is 26.4 Å². The van der Waals surface area contributed by atoms with Crippen LogP contribution >= 0.6 is 11.3 Å². The van der Waals surface area contributed by atoms with Crippen LogP contribution in [0.4, 0.5) is 0 Å². The predicted molar refractivity (Wildman–Crippen MR) is 83.6 cm³/mol. The largest absolute Gasteiger partial charge is 0.396 e. The molecule has 0 aromatic carbocycles. The Bertz CT molecular complexity index is 700. The van der Waals surface area contributed by atoms with Gasteiger partial charge in [0.25, 0.3) is 5.91 Å². The number of aryl methyl sites for hydroxylation is 1. The van der Waals surface area contributed by atoms with Crippen LogP contribution in [0, 0.1) is 19.8 Å². The van der Waals surface area contributed by atoms with Crippen LogP contribution in [-0.2, 0) is 0 Å². The van der Waals surface area contributed by atoms with Crippen LogP contribution in [0.25, 0.3) is 5.00 Å². The standard InChI is InChI=1S/C14H19N5O3S/c1-8-9(2)23-14(19-7-15-16-17-19)12(8)13(22)18-4-3-10(6-20)11(21)5-18/h7,10-11,20-21H,3-6H2,1-2H3/t10-,11+/m1/s1. The van der Waals surface area contributed by atoms with Crippen LogP contribution in [0.15, 0.2) is 6.33 Å². The lowest BCUT2D eigenvalue weighted by Gasteiger charge is -2.35. The Morgan fingerprint density at radius 3 is 2.87 bits per heavy atom. The number of amides is 1. The van der Waals surface area contributed by atoms with Gasteiger partial charge in [0.2, 0.25) is 0 Å². The minimum Gasteiger partial charge on any atom is -0.396 e. The van der Waals surface area contributed by atoms with Crippen molar-refractivity contribution in [3.05, 3.63) is 22.3 Å². The van der Waals surface area contributed by atoms with Gasteiger partial charge in [-0.25, -0.2) is 0 Å². The number of hydrogen-bond donors (Lipinski definition) is 2. The third-order valence-corrected chi connectivity index (χ3v) is 5.58. The summed E-state index contributed by atoms with van der Waals surface area (Å²) in [4.78, 5) is 15.6. The zero-order valence-electron chi connectivity index (χ0n) is 13.0. The molecule has 0 bridgehead atoms. The molecule has 3 heterocycles. The summed E-state index contributed by atoms with van der Waals surface area (Å²) in [6, 6.07) is 0. The summed E-state index contributed by atoms with van der Waals surface area (Å²) in [7, 11) is 0. The van der Waals surface area contributed by atoms with Crippen molar-refractivity contribution in [3.8, 4) is 5.00 Å². The molecule has 0 radical (unpaired) electrons. The molecule has 2 aromatic heterocycles. The first-order valence-electron chi connectivity index (χ1n) is 7.44. The van der Waals surface area contributed by atoms with Gasteiger partial charge in [0.15, 0.2) is 0 Å². The van der Waals surface area contributed by atoms with Gasteiger partial charge in [-0.2, -0.15) is 4.68 Å². The molecule has 8 nitrogen and oxygen atoms in total. The number of carbonyl (C=O) groups excluding carboxylic acids is 1. The van der Waals surface area contributed by atoms with Gasteiger partial charge in [0, 0.05) is 30.5 Å². The smallest absolute Gasteiger partial charge is 0.257 e. The molecule has 1 saturated heterocycles. The first kappa shape index (κ1) is 16.0. The van der Waals surface area contributed by atoms with E-state index in [2.05, 4.69) is 15.5 Å². The average molecular weight is 337 g/mol. The summed E-state index contributed by atoms with van der Waals surface area (Å²) >= 11 is 1.47. The average Bonchev–Trinajstić information content (AvgIpc) is 3.16. The minimum atomic E-state index is -0.700. The van der Waals surface area contributed by atoms with Crippen molar-refractivity contribution in [2.75, 3.05) is 19.7 Å². The summed E-state index contributed by atoms with van der Waals surface area (Å²) in [6.45, 7) is 4.55. The number of aromatic nitrogens is 4. The third kappa shape index (κ3) is 2.87. The Labute approximate surface area is 137 Å². The number of nitrogens with zero attached hydrogens (tertiary/aromatic N) is 5. The highest BCUT2D eigenvalue weighted by molar-refractivity contribution is 7.15. The molecule has 0 saturated carbocycles. The summed E-state index contributed by atoms with van der Waals surface area (Å²) in [5, 5.41) is 31.1. The van der Waals surface area contributed by atoms with E-state index in [-0.39, 0.29) is 25.0 Å². The third-order valence-electron chi connectivity index (χ3n) is 4.38. The molecular formula is C14H19N5O3S. The van der Waals surface area contributed by atoms with E-state index in [9.17, 15) is 15.0 Å². The van der Waals surface area contributed by atoms with Crippen molar-refractivity contribution in [3.63, 3.8) is 0 Å². The molecule has 2 aromatic rings. The molecule has 0 unspecified atom stereocenters. The van der Waals surface area contributed by atoms with Crippen molar-refractivity contribution in [1.29, 1.82) is 0 Å². The molecular weight excluding hydrogens is 318 g/mol. The van der Waals surface area contributed by atoms with E-state index >= 15 is 0 Å². The van der Waals surface area contributed by atoms with E-state index in [1.165, 1.54) is 22.3 Å². The monoisotopic (exact) mass is 337 g/mol. The molecule has 124 valence electrons. The van der Waals surface area contributed by atoms with E-state index in [1.807, 2.05) is 13.8 Å². The Kier molecular flexibility index (Phi) is 4.42. The lowest BCUT2D eigenvalue weighted by molar-refractivity contribution is 0.000861. The van der Waals surface area contributed by atoms with Gasteiger partial charge < -0.3 is 15.1 Å². The van der Waals surface area contributed by atoms with Crippen molar-refractivity contribution >= 4 is 17.2 Å². The van der Waals surface area contributed by atoms with Gasteiger partial charge in [-0.1, -0.05) is 0 Å². The quantitative estimate of drug-likeness (QED) is 0.826. The summed E-state index contributed by atoms with van der Waals surface area (Å²) in [5.41, 5.74) is 1.48. The molecule has 3 rings (SSSR count). The second-order valence-electron chi connectivity index (χ2n) is 5.77. The number of piperidine rings is 1. The molecule has 2 atom stereocenters. The molecule has 1 amide bonds. The zero-order chi connectivity index (χ0) is 16.6. The van der Waals surface area contributed by atoms with E-state index in [0.29, 0.717) is 23.5 Å². The molecule has 1 aliphatic heterocycles. The lowest BCUT2D eigenvalue weighted by atomic mass is 9.94. The van der Waals surface area contributed by atoms with Crippen molar-refractivity contribution in [1.82, 2.24) is 25.1 Å². The van der Waals surface area contributed by atoms with Crippen LogP contribution in [0.1, 0.15) is 27.2 Å². The number of rotatable bonds is 3. The molecule has 0 aliphatic carbocycles. The number of aliphatic hydroxyl groups excluding tert-OH is 2. The number of carbonyl (C=O) groups is 1. The van der Waals surface area contributed by atoms with Crippen LogP contribution < -0.4 is 0 Å². The normalized spacial score (nSPS) is 21.7. The highest BCUT2D eigenvalue weighted by Crippen LogP contribution is 2.32. The number of likely N-dealkylation sites (tertiary alicyclic amines) is 1. The maximum atomic E-state index is 13.0. The van der Waals surface area contributed by atoms with Gasteiger partial charge in [0.05, 0.1) is 11.7 Å². The fourth-order valence-corrected chi connectivity index (χ4v) is 3.88. The highest BCUT2D eigenvalue weighted by Gasteiger charge is 2.32. The SMILES string of the molecule is Cc1sc(-n2cnnn2)c(C(=O)N2CC[C@H](CO)[C@@H](O)C2)c1C. The Hall–Kier alpha value is -1.84. The minimum absolute atomic E-state index is 0.0599. The van der Waals surface area contributed by atoms with Crippen LogP contribution in [0.2, 0.25) is 0 Å². The van der Waals surface area contributed by atoms with Crippen LogP contribution in [0.5, 0.6) is 0 Å². The van der Waals surface area contributed by atoms with E-state index in [0.717, 1.165) is 10.4 Å². The Balaban J connectivity index is 1.91. The Morgan fingerprint density at radius 1 is 1.48 bits per heavy atom. The second kappa shape index (κ2) is 6.34. The summed E-state index contributed by atoms with van der Waals surface area (Å²) < 4.78 is 1.49. The topological polar surface area (TPSA) is 104 Å². The second-order valence-corrected chi connectivity index (χ2v) is 6.97. The van der Waals surface area contributed by atoms with Gasteiger partial charge in [-0.15, -0.1) is 16.4 Å². The van der Waals surface area contributed by atoms with Gasteiger partial charge in [-0.05, 0) is 36.3 Å². The summed E-state index contributed by atoms with van der Waals surface area (Å²) in [6.07, 6.45) is 1.36. The van der Waals surface area contributed by atoms with Crippen molar-refractivity contribution < 1.29 is 15.0 Å². The first-order valence-corrected chi connectivity index (χ1v) is 8.26. The molecule has 23 heavy (non-hydrogen) atoms. The van der Waals surface area contributed by atoms with Crippen LogP contribution in [-0.4, -0.2) is 67.0 Å². The van der Waals surface area contributed by atoms with Gasteiger partial charge in [0.1, 0.15) is 11.3 Å². The Morgan fingerprint density at radius 2 is 2.26 bits per heavy atom. The molecule has 1 fully saturated rings. The fourth-order valence-electron chi connectivity index (χ4n) is 2.81. The van der Waals surface area contributed by atoms with Gasteiger partial charge >= 0.3 is 0 Å². The summed E-state index contributed by atoms with van der Waals surface area (Å²) in [5.74, 6) is -0.295. The maximum Gasteiger partial charge on any atom is 0.257 e. The molecule has 2 N–H and O–H groups in total. The zero-order valence-corrected chi connectivity index (χ0v) is 13.8. The van der Waals surface area contributed by atoms with E-state index < -0.39 is 6.10 Å². The number of aliphatic hydroxyl groups is 2.